The van der Waals surface area contributed by atoms with E-state index in [0.29, 0.717) is 39.7 Å². The molecule has 0 atom stereocenters. The smallest absolute Gasteiger partial charge is 0.328 e. The zero-order valence-corrected chi connectivity index (χ0v) is 22.6. The van der Waals surface area contributed by atoms with Gasteiger partial charge >= 0.3 is 11.8 Å². The molecule has 0 fully saturated rings. The van der Waals surface area contributed by atoms with Gasteiger partial charge in [0.15, 0.2) is 0 Å². The molecule has 3 amide bonds. The van der Waals surface area contributed by atoms with Gasteiger partial charge in [-0.15, -0.1) is 0 Å². The molecule has 0 unspecified atom stereocenters. The predicted molar refractivity (Wildman–Crippen MR) is 149 cm³/mol. The Morgan fingerprint density at radius 2 is 1.59 bits per heavy atom. The second kappa shape index (κ2) is 11.7. The molecule has 8 nitrogen and oxygen atoms in total. The number of benzene rings is 3. The van der Waals surface area contributed by atoms with E-state index in [1.54, 1.807) is 60.7 Å². The Kier molecular flexibility index (Phi) is 8.38. The Labute approximate surface area is 231 Å². The second-order valence-electron chi connectivity index (χ2n) is 7.92. The molecule has 11 heteroatoms. The van der Waals surface area contributed by atoms with Gasteiger partial charge in [-0.3, -0.25) is 19.8 Å². The van der Waals surface area contributed by atoms with Crippen molar-refractivity contribution >= 4 is 79.1 Å². The number of aromatic nitrogens is 1. The molecule has 3 N–H and O–H groups in total. The third kappa shape index (κ3) is 6.43. The summed E-state index contributed by atoms with van der Waals surface area (Å²) in [5, 5.41) is 6.55. The Bertz CT molecular complexity index is 1490. The Balaban J connectivity index is 1.55. The molecule has 0 spiro atoms. The molecule has 4 rings (SSSR count). The second-order valence-corrected chi connectivity index (χ2v) is 9.65. The number of rotatable bonds is 7. The molecule has 0 bridgehead atoms. The number of ether oxygens (including phenoxy) is 1. The molecule has 1 aromatic heterocycles. The highest BCUT2D eigenvalue weighted by atomic mass is 79.9. The quantitative estimate of drug-likeness (QED) is 0.211. The van der Waals surface area contributed by atoms with Gasteiger partial charge in [0.25, 0.3) is 5.91 Å². The van der Waals surface area contributed by atoms with Crippen LogP contribution in [0, 0.1) is 0 Å². The SMILES string of the molecule is CCCOc1ccc(NC(=O)C(=O)Nn2c(C(=O)Nc3ccc(Cl)c(Cl)c3)cc3cc(Br)ccc32)cc1. The molecule has 0 saturated carbocycles. The van der Waals surface area contributed by atoms with E-state index in [1.807, 2.05) is 6.92 Å². The topological polar surface area (TPSA) is 101 Å². The highest BCUT2D eigenvalue weighted by Crippen LogP contribution is 2.27. The summed E-state index contributed by atoms with van der Waals surface area (Å²) in [6.07, 6.45) is 0.872. The van der Waals surface area contributed by atoms with E-state index in [1.165, 1.54) is 10.7 Å². The average molecular weight is 604 g/mol. The van der Waals surface area contributed by atoms with E-state index in [2.05, 4.69) is 32.0 Å². The lowest BCUT2D eigenvalue weighted by Gasteiger charge is -2.13. The Morgan fingerprint density at radius 3 is 2.30 bits per heavy atom. The fourth-order valence-electron chi connectivity index (χ4n) is 3.44. The van der Waals surface area contributed by atoms with Gasteiger partial charge in [0, 0.05) is 21.2 Å². The molecule has 4 aromatic rings. The van der Waals surface area contributed by atoms with E-state index >= 15 is 0 Å². The molecule has 1 heterocycles. The van der Waals surface area contributed by atoms with E-state index in [-0.39, 0.29) is 10.7 Å². The molecular weight excluding hydrogens is 583 g/mol. The number of hydrogen-bond donors (Lipinski definition) is 3. The molecule has 37 heavy (non-hydrogen) atoms. The lowest BCUT2D eigenvalue weighted by molar-refractivity contribution is -0.133. The van der Waals surface area contributed by atoms with Gasteiger partial charge in [0.05, 0.1) is 22.2 Å². The van der Waals surface area contributed by atoms with Crippen molar-refractivity contribution in [2.45, 2.75) is 13.3 Å². The number of carbonyl (C=O) groups excluding carboxylic acids is 3. The maximum Gasteiger partial charge on any atom is 0.328 e. The summed E-state index contributed by atoms with van der Waals surface area (Å²) >= 11 is 15.4. The number of amides is 3. The molecule has 190 valence electrons. The third-order valence-corrected chi connectivity index (χ3v) is 6.41. The first-order valence-electron chi connectivity index (χ1n) is 11.2. The van der Waals surface area contributed by atoms with E-state index < -0.39 is 17.7 Å². The minimum absolute atomic E-state index is 0.0951. The van der Waals surface area contributed by atoms with Crippen LogP contribution >= 0.6 is 39.1 Å². The predicted octanol–water partition coefficient (Wildman–Crippen LogP) is 6.46. The first-order valence-corrected chi connectivity index (χ1v) is 12.7. The lowest BCUT2D eigenvalue weighted by atomic mass is 10.2. The minimum Gasteiger partial charge on any atom is -0.494 e. The molecule has 0 aliphatic rings. The zero-order valence-electron chi connectivity index (χ0n) is 19.5. The van der Waals surface area contributed by atoms with Crippen LogP contribution in [0.1, 0.15) is 23.8 Å². The number of carbonyl (C=O) groups is 3. The molecule has 3 aromatic carbocycles. The van der Waals surface area contributed by atoms with Crippen LogP contribution in [0.25, 0.3) is 10.9 Å². The van der Waals surface area contributed by atoms with Crippen LogP contribution in [0.2, 0.25) is 10.0 Å². The Hall–Kier alpha value is -3.53. The van der Waals surface area contributed by atoms with Crippen molar-refractivity contribution in [2.24, 2.45) is 0 Å². The molecule has 0 saturated heterocycles. The fraction of sp³-hybridized carbons (Fsp3) is 0.115. The van der Waals surface area contributed by atoms with E-state index in [0.717, 1.165) is 10.9 Å². The highest BCUT2D eigenvalue weighted by Gasteiger charge is 2.21. The highest BCUT2D eigenvalue weighted by molar-refractivity contribution is 9.10. The van der Waals surface area contributed by atoms with Crippen molar-refractivity contribution in [1.29, 1.82) is 0 Å². The van der Waals surface area contributed by atoms with Crippen molar-refractivity contribution in [2.75, 3.05) is 22.7 Å². The molecule has 0 aliphatic carbocycles. The van der Waals surface area contributed by atoms with Crippen LogP contribution < -0.4 is 20.8 Å². The Morgan fingerprint density at radius 1 is 0.865 bits per heavy atom. The largest absolute Gasteiger partial charge is 0.494 e. The fourth-order valence-corrected chi connectivity index (χ4v) is 4.11. The van der Waals surface area contributed by atoms with Gasteiger partial charge in [-0.2, -0.15) is 0 Å². The number of nitrogens with one attached hydrogen (secondary N) is 3. The lowest BCUT2D eigenvalue weighted by Crippen LogP contribution is -2.36. The van der Waals surface area contributed by atoms with Gasteiger partial charge in [0.1, 0.15) is 11.4 Å². The number of anilines is 2. The van der Waals surface area contributed by atoms with Crippen molar-refractivity contribution in [1.82, 2.24) is 4.68 Å². The maximum absolute atomic E-state index is 13.2. The number of halogens is 3. The molecule has 0 aliphatic heterocycles. The van der Waals surface area contributed by atoms with Crippen LogP contribution in [0.4, 0.5) is 11.4 Å². The summed E-state index contributed by atoms with van der Waals surface area (Å²) in [7, 11) is 0. The van der Waals surface area contributed by atoms with Crippen LogP contribution in [-0.4, -0.2) is 29.0 Å². The molecular formula is C26H21BrCl2N4O4. The van der Waals surface area contributed by atoms with Crippen molar-refractivity contribution < 1.29 is 19.1 Å². The van der Waals surface area contributed by atoms with Crippen LogP contribution in [-0.2, 0) is 9.59 Å². The van der Waals surface area contributed by atoms with Gasteiger partial charge in [-0.05, 0) is 73.2 Å². The molecule has 0 radical (unpaired) electrons. The monoisotopic (exact) mass is 602 g/mol. The minimum atomic E-state index is -0.963. The summed E-state index contributed by atoms with van der Waals surface area (Å²) in [6.45, 7) is 2.58. The first kappa shape index (κ1) is 26.5. The van der Waals surface area contributed by atoms with E-state index in [4.69, 9.17) is 27.9 Å². The van der Waals surface area contributed by atoms with Gasteiger partial charge in [0.2, 0.25) is 0 Å². The number of nitrogens with zero attached hydrogens (tertiary/aromatic N) is 1. The van der Waals surface area contributed by atoms with Gasteiger partial charge < -0.3 is 15.4 Å². The van der Waals surface area contributed by atoms with Crippen LogP contribution in [0.15, 0.2) is 71.2 Å². The normalized spacial score (nSPS) is 10.7. The van der Waals surface area contributed by atoms with Gasteiger partial charge in [-0.1, -0.05) is 46.1 Å². The van der Waals surface area contributed by atoms with Crippen molar-refractivity contribution in [3.8, 4) is 5.75 Å². The summed E-state index contributed by atoms with van der Waals surface area (Å²) in [5.41, 5.74) is 3.96. The number of hydrogen-bond acceptors (Lipinski definition) is 4. The van der Waals surface area contributed by atoms with Crippen LogP contribution in [0.3, 0.4) is 0 Å². The number of fused-ring (bicyclic) bond motifs is 1. The summed E-state index contributed by atoms with van der Waals surface area (Å²) in [6, 6.07) is 18.2. The van der Waals surface area contributed by atoms with Crippen molar-refractivity contribution in [3.63, 3.8) is 0 Å². The average Bonchev–Trinajstić information content (AvgIpc) is 3.23. The summed E-state index contributed by atoms with van der Waals surface area (Å²) in [5.74, 6) is -1.74. The zero-order chi connectivity index (χ0) is 26.5. The first-order chi connectivity index (χ1) is 17.7. The van der Waals surface area contributed by atoms with Crippen molar-refractivity contribution in [3.05, 3.63) is 86.9 Å². The standard InChI is InChI=1S/C26H21BrCl2N4O4/c1-2-11-37-19-7-4-17(5-8-19)30-25(35)26(36)32-33-22-10-3-16(27)12-15(22)13-23(33)24(34)31-18-6-9-20(28)21(29)14-18/h3-10,12-14H,2,11H2,1H3,(H,30,35)(H,31,34)(H,32,36). The third-order valence-electron chi connectivity index (χ3n) is 5.18. The summed E-state index contributed by atoms with van der Waals surface area (Å²) in [4.78, 5) is 38.6. The van der Waals surface area contributed by atoms with Gasteiger partial charge in [-0.25, -0.2) is 4.68 Å². The summed E-state index contributed by atoms with van der Waals surface area (Å²) < 4.78 is 7.57. The van der Waals surface area contributed by atoms with E-state index in [9.17, 15) is 14.4 Å². The van der Waals surface area contributed by atoms with Crippen LogP contribution in [0.5, 0.6) is 5.75 Å². The maximum atomic E-state index is 13.2.